The number of ether oxygens (including phenoxy) is 1. The summed E-state index contributed by atoms with van der Waals surface area (Å²) in [5, 5.41) is 9.94. The monoisotopic (exact) mass is 303 g/mol. The van der Waals surface area contributed by atoms with Crippen LogP contribution in [0.15, 0.2) is 30.3 Å². The summed E-state index contributed by atoms with van der Waals surface area (Å²) in [6, 6.07) is 11.0. The Morgan fingerprint density at radius 3 is 2.55 bits per heavy atom. The molecule has 22 heavy (non-hydrogen) atoms. The number of benzene rings is 1. The Balaban J connectivity index is 1.44. The van der Waals surface area contributed by atoms with Crippen molar-refractivity contribution < 1.29 is 9.84 Å². The largest absolute Gasteiger partial charge is 0.393 e. The van der Waals surface area contributed by atoms with Crippen molar-refractivity contribution in [3.63, 3.8) is 0 Å². The molecule has 1 aromatic rings. The normalized spacial score (nSPS) is 31.3. The first-order chi connectivity index (χ1) is 10.7. The summed E-state index contributed by atoms with van der Waals surface area (Å²) in [4.78, 5) is 2.59. The SMILES string of the molecule is CC1CCC(O)CC1N1CCC(OCc2ccccc2)CC1. The van der Waals surface area contributed by atoms with Crippen molar-refractivity contribution in [2.24, 2.45) is 5.92 Å². The first-order valence-corrected chi connectivity index (χ1v) is 8.80. The highest BCUT2D eigenvalue weighted by Gasteiger charge is 2.33. The first-order valence-electron chi connectivity index (χ1n) is 8.80. The summed E-state index contributed by atoms with van der Waals surface area (Å²) in [5.74, 6) is 0.713. The van der Waals surface area contributed by atoms with Crippen LogP contribution in [0.2, 0.25) is 0 Å². The lowest BCUT2D eigenvalue weighted by atomic mass is 9.82. The van der Waals surface area contributed by atoms with E-state index in [1.807, 2.05) is 6.07 Å². The molecule has 1 aromatic carbocycles. The molecule has 1 aliphatic carbocycles. The van der Waals surface area contributed by atoms with E-state index < -0.39 is 0 Å². The predicted octanol–water partition coefficient (Wildman–Crippen LogP) is 3.22. The van der Waals surface area contributed by atoms with Crippen molar-refractivity contribution in [2.75, 3.05) is 13.1 Å². The molecule has 0 spiro atoms. The second kappa shape index (κ2) is 7.58. The van der Waals surface area contributed by atoms with Crippen LogP contribution >= 0.6 is 0 Å². The average Bonchev–Trinajstić information content (AvgIpc) is 2.57. The minimum atomic E-state index is -0.0896. The number of hydrogen-bond acceptors (Lipinski definition) is 3. The molecule has 1 N–H and O–H groups in total. The summed E-state index contributed by atoms with van der Waals surface area (Å²) in [5.41, 5.74) is 1.26. The molecule has 3 heteroatoms. The van der Waals surface area contributed by atoms with E-state index in [1.165, 1.54) is 5.56 Å². The van der Waals surface area contributed by atoms with Gasteiger partial charge in [0.05, 0.1) is 18.8 Å². The van der Waals surface area contributed by atoms with Crippen LogP contribution in [0, 0.1) is 5.92 Å². The van der Waals surface area contributed by atoms with Crippen molar-refractivity contribution in [3.8, 4) is 0 Å². The molecule has 3 unspecified atom stereocenters. The van der Waals surface area contributed by atoms with Gasteiger partial charge in [0.2, 0.25) is 0 Å². The zero-order valence-electron chi connectivity index (χ0n) is 13.7. The van der Waals surface area contributed by atoms with E-state index >= 15 is 0 Å². The molecule has 1 heterocycles. The topological polar surface area (TPSA) is 32.7 Å². The van der Waals surface area contributed by atoms with Gasteiger partial charge in [-0.2, -0.15) is 0 Å². The second-order valence-electron chi connectivity index (χ2n) is 7.04. The smallest absolute Gasteiger partial charge is 0.0720 e. The third-order valence-corrected chi connectivity index (χ3v) is 5.40. The maximum atomic E-state index is 9.94. The Kier molecular flexibility index (Phi) is 5.51. The molecule has 1 aliphatic heterocycles. The Morgan fingerprint density at radius 1 is 1.09 bits per heavy atom. The molecule has 3 rings (SSSR count). The molecule has 0 aromatic heterocycles. The van der Waals surface area contributed by atoms with Crippen LogP contribution in [0.4, 0.5) is 0 Å². The van der Waals surface area contributed by atoms with E-state index in [0.29, 0.717) is 18.1 Å². The summed E-state index contributed by atoms with van der Waals surface area (Å²) in [7, 11) is 0. The van der Waals surface area contributed by atoms with Crippen LogP contribution in [-0.2, 0) is 11.3 Å². The van der Waals surface area contributed by atoms with E-state index in [4.69, 9.17) is 4.74 Å². The van der Waals surface area contributed by atoms with Crippen molar-refractivity contribution in [1.29, 1.82) is 0 Å². The van der Waals surface area contributed by atoms with Gasteiger partial charge in [0.1, 0.15) is 0 Å². The lowest BCUT2D eigenvalue weighted by Crippen LogP contribution is -2.49. The molecular formula is C19H29NO2. The number of piperidine rings is 1. The molecular weight excluding hydrogens is 274 g/mol. The fourth-order valence-electron chi connectivity index (χ4n) is 3.95. The first kappa shape index (κ1) is 16.0. The minimum absolute atomic E-state index is 0.0896. The van der Waals surface area contributed by atoms with Crippen LogP contribution in [0.1, 0.15) is 44.6 Å². The molecule has 0 amide bonds. The third-order valence-electron chi connectivity index (χ3n) is 5.40. The van der Waals surface area contributed by atoms with E-state index in [2.05, 4.69) is 36.1 Å². The third kappa shape index (κ3) is 4.09. The summed E-state index contributed by atoms with van der Waals surface area (Å²) in [6.45, 7) is 5.29. The highest BCUT2D eigenvalue weighted by molar-refractivity contribution is 5.13. The highest BCUT2D eigenvalue weighted by Crippen LogP contribution is 2.30. The van der Waals surface area contributed by atoms with Gasteiger partial charge in [-0.15, -0.1) is 0 Å². The minimum Gasteiger partial charge on any atom is -0.393 e. The van der Waals surface area contributed by atoms with Gasteiger partial charge >= 0.3 is 0 Å². The Bertz CT molecular complexity index is 442. The quantitative estimate of drug-likeness (QED) is 0.927. The van der Waals surface area contributed by atoms with E-state index in [-0.39, 0.29) is 6.10 Å². The number of aliphatic hydroxyl groups excluding tert-OH is 1. The van der Waals surface area contributed by atoms with Crippen LogP contribution in [0.5, 0.6) is 0 Å². The highest BCUT2D eigenvalue weighted by atomic mass is 16.5. The Morgan fingerprint density at radius 2 is 1.82 bits per heavy atom. The lowest BCUT2D eigenvalue weighted by molar-refractivity contribution is -0.0328. The molecule has 122 valence electrons. The standard InChI is InChI=1S/C19H29NO2/c1-15-7-8-17(21)13-19(15)20-11-9-18(10-12-20)22-14-16-5-3-2-4-6-16/h2-6,15,17-19,21H,7-14H2,1H3. The van der Waals surface area contributed by atoms with Gasteiger partial charge in [-0.1, -0.05) is 37.3 Å². The van der Waals surface area contributed by atoms with E-state index in [9.17, 15) is 5.11 Å². The van der Waals surface area contributed by atoms with Gasteiger partial charge in [0, 0.05) is 19.1 Å². The molecule has 0 bridgehead atoms. The Labute approximate surface area is 134 Å². The lowest BCUT2D eigenvalue weighted by Gasteiger charge is -2.43. The molecule has 3 nitrogen and oxygen atoms in total. The Hall–Kier alpha value is -0.900. The van der Waals surface area contributed by atoms with Crippen LogP contribution in [-0.4, -0.2) is 41.3 Å². The summed E-state index contributed by atoms with van der Waals surface area (Å²) < 4.78 is 6.08. The fourth-order valence-corrected chi connectivity index (χ4v) is 3.95. The number of likely N-dealkylation sites (tertiary alicyclic amines) is 1. The zero-order chi connectivity index (χ0) is 15.4. The molecule has 2 aliphatic rings. The van der Waals surface area contributed by atoms with Gasteiger partial charge in [-0.3, -0.25) is 4.90 Å². The maximum Gasteiger partial charge on any atom is 0.0720 e. The van der Waals surface area contributed by atoms with Crippen molar-refractivity contribution in [1.82, 2.24) is 4.90 Å². The molecule has 2 fully saturated rings. The van der Waals surface area contributed by atoms with E-state index in [1.54, 1.807) is 0 Å². The average molecular weight is 303 g/mol. The molecule has 1 saturated heterocycles. The molecule has 1 saturated carbocycles. The van der Waals surface area contributed by atoms with Crippen molar-refractivity contribution >= 4 is 0 Å². The van der Waals surface area contributed by atoms with Crippen LogP contribution < -0.4 is 0 Å². The fraction of sp³-hybridized carbons (Fsp3) is 0.684. The van der Waals surface area contributed by atoms with E-state index in [0.717, 1.165) is 51.8 Å². The van der Waals surface area contributed by atoms with Crippen molar-refractivity contribution in [3.05, 3.63) is 35.9 Å². The number of nitrogens with zero attached hydrogens (tertiary/aromatic N) is 1. The molecule has 0 radical (unpaired) electrons. The second-order valence-corrected chi connectivity index (χ2v) is 7.04. The van der Waals surface area contributed by atoms with Gasteiger partial charge in [-0.25, -0.2) is 0 Å². The van der Waals surface area contributed by atoms with Gasteiger partial charge in [0.15, 0.2) is 0 Å². The van der Waals surface area contributed by atoms with Gasteiger partial charge in [-0.05, 0) is 43.6 Å². The summed E-state index contributed by atoms with van der Waals surface area (Å²) in [6.07, 6.45) is 5.63. The number of aliphatic hydroxyl groups is 1. The van der Waals surface area contributed by atoms with Gasteiger partial charge in [0.25, 0.3) is 0 Å². The van der Waals surface area contributed by atoms with Crippen LogP contribution in [0.25, 0.3) is 0 Å². The summed E-state index contributed by atoms with van der Waals surface area (Å²) >= 11 is 0. The van der Waals surface area contributed by atoms with Gasteiger partial charge < -0.3 is 9.84 Å². The number of rotatable bonds is 4. The number of hydrogen-bond donors (Lipinski definition) is 1. The van der Waals surface area contributed by atoms with Crippen molar-refractivity contribution in [2.45, 2.75) is 63.9 Å². The predicted molar refractivity (Wildman–Crippen MR) is 88.6 cm³/mol. The molecule has 3 atom stereocenters. The van der Waals surface area contributed by atoms with Crippen LogP contribution in [0.3, 0.4) is 0 Å². The maximum absolute atomic E-state index is 9.94. The zero-order valence-corrected chi connectivity index (χ0v) is 13.7.